The molecule has 3 heterocycles. The van der Waals surface area contributed by atoms with Crippen molar-refractivity contribution >= 4 is 46.2 Å². The molecule has 38 heavy (non-hydrogen) atoms. The van der Waals surface area contributed by atoms with Crippen molar-refractivity contribution in [2.24, 2.45) is 9.98 Å². The van der Waals surface area contributed by atoms with Gasteiger partial charge >= 0.3 is 0 Å². The molecule has 3 aliphatic rings. The molecule has 0 atom stereocenters. The smallest absolute Gasteiger partial charge is 0.153 e. The van der Waals surface area contributed by atoms with Gasteiger partial charge in [-0.2, -0.15) is 0 Å². The second kappa shape index (κ2) is 9.39. The van der Waals surface area contributed by atoms with E-state index >= 15 is 0 Å². The molecule has 188 valence electrons. The molecule has 8 heteroatoms. The van der Waals surface area contributed by atoms with Crippen LogP contribution < -0.4 is 9.47 Å². The van der Waals surface area contributed by atoms with E-state index in [1.54, 1.807) is 48.5 Å². The van der Waals surface area contributed by atoms with Gasteiger partial charge in [-0.1, -0.05) is 47.5 Å². The zero-order valence-electron chi connectivity index (χ0n) is 27.4. The molecule has 6 nitrogen and oxygen atoms in total. The van der Waals surface area contributed by atoms with Crippen molar-refractivity contribution in [2.45, 2.75) is 0 Å². The Morgan fingerprint density at radius 2 is 1.00 bits per heavy atom. The molecule has 3 aliphatic heterocycles. The third kappa shape index (κ3) is 4.16. The van der Waals surface area contributed by atoms with Gasteiger partial charge in [0, 0.05) is 36.0 Å². The van der Waals surface area contributed by atoms with Crippen LogP contribution in [0.5, 0.6) is 23.0 Å². The van der Waals surface area contributed by atoms with E-state index in [2.05, 4.69) is 9.98 Å². The Bertz CT molecular complexity index is 1820. The Morgan fingerprint density at radius 1 is 0.579 bits per heavy atom. The molecule has 0 bridgehead atoms. The summed E-state index contributed by atoms with van der Waals surface area (Å²) in [5.74, 6) is -0.0457. The molecule has 0 amide bonds. The summed E-state index contributed by atoms with van der Waals surface area (Å²) in [5, 5.41) is 0.374. The van der Waals surface area contributed by atoms with Crippen molar-refractivity contribution < 1.29 is 20.4 Å². The van der Waals surface area contributed by atoms with Gasteiger partial charge in [0.1, 0.15) is 34.5 Å². The third-order valence-electron chi connectivity index (χ3n) is 5.96. The normalized spacial score (nSPS) is 24.3. The van der Waals surface area contributed by atoms with E-state index in [9.17, 15) is 11.0 Å². The van der Waals surface area contributed by atoms with Crippen LogP contribution in [0, 0.1) is 0 Å². The van der Waals surface area contributed by atoms with Gasteiger partial charge in [0.15, 0.2) is 11.5 Å². The molecule has 0 aliphatic carbocycles. The summed E-state index contributed by atoms with van der Waals surface area (Å²) >= 11 is 12.7. The molecule has 4 aromatic carbocycles. The van der Waals surface area contributed by atoms with Gasteiger partial charge in [0.2, 0.25) is 0 Å². The van der Waals surface area contributed by atoms with Crippen molar-refractivity contribution in [2.75, 3.05) is 26.0 Å². The first-order chi connectivity index (χ1) is 21.6. The fourth-order valence-corrected chi connectivity index (χ4v) is 4.54. The molecule has 4 aromatic rings. The average molecular weight is 549 g/mol. The number of benzene rings is 4. The zero-order valence-corrected chi connectivity index (χ0v) is 21.0. The first kappa shape index (κ1) is 16.1. The van der Waals surface area contributed by atoms with Crippen LogP contribution in [-0.2, 0) is 0 Å². The van der Waals surface area contributed by atoms with Gasteiger partial charge < -0.3 is 19.3 Å². The number of rotatable bonds is 0. The van der Waals surface area contributed by atoms with Crippen LogP contribution in [-0.4, -0.2) is 47.5 Å². The largest absolute Gasteiger partial charge is 0.454 e. The maximum atomic E-state index is 9.28. The number of nitrogens with zero attached hydrogens (tertiary/aromatic N) is 4. The minimum absolute atomic E-state index is 0.0303. The average Bonchev–Trinajstić information content (AvgIpc) is 3.24. The van der Waals surface area contributed by atoms with E-state index in [4.69, 9.17) is 32.7 Å². The van der Waals surface area contributed by atoms with Gasteiger partial charge in [0.05, 0.1) is 22.1 Å². The highest BCUT2D eigenvalue weighted by Crippen LogP contribution is 2.41. The summed E-state index contributed by atoms with van der Waals surface area (Å²) in [7, 11) is 0. The number of ether oxygens (including phenoxy) is 2. The molecule has 0 N–H and O–H groups in total. The summed E-state index contributed by atoms with van der Waals surface area (Å²) in [6.45, 7) is -13.3. The third-order valence-corrected chi connectivity index (χ3v) is 6.43. The maximum Gasteiger partial charge on any atom is 0.153 e. The van der Waals surface area contributed by atoms with Gasteiger partial charge in [-0.15, -0.1) is 0 Å². The Morgan fingerprint density at radius 3 is 1.45 bits per heavy atom. The lowest BCUT2D eigenvalue weighted by Crippen LogP contribution is -2.51. The fraction of sp³-hybridized carbons (Fsp3) is 0.133. The van der Waals surface area contributed by atoms with Gasteiger partial charge in [0.25, 0.3) is 0 Å². The number of amidine groups is 2. The standard InChI is InChI=1S/C30H22Cl2N4O2/c31-19-9-11-25-21(17-19)29(33-23-5-1-3-7-27(23)37-25)35-13-15-36(16-14-35)30-22-18-20(32)10-12-26(22)38-28-8-4-2-6-24(28)34-30/h1-12,17-18H,13-16H2/i13D2,14D2,15D2,16D2. The highest BCUT2D eigenvalue weighted by atomic mass is 35.5. The molecule has 0 unspecified atom stereocenters. The first-order valence-corrected chi connectivity index (χ1v) is 12.3. The van der Waals surface area contributed by atoms with E-state index in [0.717, 1.165) is 0 Å². The molecular formula is C30H22Cl2N4O2. The molecule has 7 rings (SSSR count). The monoisotopic (exact) mass is 548 g/mol. The van der Waals surface area contributed by atoms with Crippen LogP contribution >= 0.6 is 23.2 Å². The molecule has 1 fully saturated rings. The van der Waals surface area contributed by atoms with Crippen LogP contribution in [0.25, 0.3) is 0 Å². The quantitative estimate of drug-likeness (QED) is 0.226. The van der Waals surface area contributed by atoms with Crippen molar-refractivity contribution in [3.63, 3.8) is 0 Å². The lowest BCUT2D eigenvalue weighted by atomic mass is 10.1. The van der Waals surface area contributed by atoms with E-state index < -0.39 is 37.7 Å². The minimum Gasteiger partial charge on any atom is -0.454 e. The van der Waals surface area contributed by atoms with E-state index in [1.165, 1.54) is 36.4 Å². The second-order valence-corrected chi connectivity index (χ2v) is 9.28. The number of hydrogen-bond donors (Lipinski definition) is 0. The molecular weight excluding hydrogens is 519 g/mol. The molecule has 0 radical (unpaired) electrons. The molecule has 0 spiro atoms. The van der Waals surface area contributed by atoms with Gasteiger partial charge in [-0.25, -0.2) is 9.98 Å². The number of piperazine rings is 1. The number of halogens is 2. The second-order valence-electron chi connectivity index (χ2n) is 8.41. The first-order valence-electron chi connectivity index (χ1n) is 15.6. The Kier molecular flexibility index (Phi) is 3.97. The van der Waals surface area contributed by atoms with Crippen molar-refractivity contribution in [1.82, 2.24) is 9.80 Å². The summed E-state index contributed by atoms with van der Waals surface area (Å²) in [6.07, 6.45) is 0. The Balaban J connectivity index is 1.49. The van der Waals surface area contributed by atoms with Crippen molar-refractivity contribution in [1.29, 1.82) is 0 Å². The molecule has 1 saturated heterocycles. The van der Waals surface area contributed by atoms with E-state index in [1.807, 2.05) is 0 Å². The lowest BCUT2D eigenvalue weighted by molar-refractivity contribution is 0.259. The number of para-hydroxylation sites is 4. The topological polar surface area (TPSA) is 49.7 Å². The Hall–Kier alpha value is -4.00. The van der Waals surface area contributed by atoms with Crippen LogP contribution in [0.2, 0.25) is 10.0 Å². The van der Waals surface area contributed by atoms with Crippen molar-refractivity contribution in [3.8, 4) is 23.0 Å². The molecule has 0 aromatic heterocycles. The van der Waals surface area contributed by atoms with Gasteiger partial charge in [-0.3, -0.25) is 0 Å². The number of hydrogen-bond acceptors (Lipinski definition) is 6. The van der Waals surface area contributed by atoms with E-state index in [0.29, 0.717) is 9.80 Å². The summed E-state index contributed by atoms with van der Waals surface area (Å²) in [5.41, 5.74) is 0.432. The van der Waals surface area contributed by atoms with Crippen LogP contribution in [0.3, 0.4) is 0 Å². The SMILES string of the molecule is [2H]C1([2H])N(C2=Nc3ccccc3Oc3ccc(Cl)cc32)C([2H])([2H])C([2H])([2H])N(C2=Nc3ccccc3Oc3ccc(Cl)cc32)C1([2H])[2H]. The van der Waals surface area contributed by atoms with Crippen LogP contribution in [0.1, 0.15) is 22.1 Å². The number of fused-ring (bicyclic) bond motifs is 4. The fourth-order valence-electron chi connectivity index (χ4n) is 4.20. The zero-order chi connectivity index (χ0) is 32.8. The Labute approximate surface area is 241 Å². The predicted molar refractivity (Wildman–Crippen MR) is 151 cm³/mol. The predicted octanol–water partition coefficient (Wildman–Crippen LogP) is 7.68. The van der Waals surface area contributed by atoms with Gasteiger partial charge in [-0.05, 0) is 60.7 Å². The summed E-state index contributed by atoms with van der Waals surface area (Å²) < 4.78 is 86.3. The number of aliphatic imine (C=N–C) groups is 2. The lowest BCUT2D eigenvalue weighted by Gasteiger charge is -2.38. The summed E-state index contributed by atoms with van der Waals surface area (Å²) in [4.78, 5) is 9.89. The van der Waals surface area contributed by atoms with Crippen LogP contribution in [0.4, 0.5) is 11.4 Å². The highest BCUT2D eigenvalue weighted by molar-refractivity contribution is 6.31. The van der Waals surface area contributed by atoms with E-state index in [-0.39, 0.29) is 55.5 Å². The van der Waals surface area contributed by atoms with Crippen molar-refractivity contribution in [3.05, 3.63) is 106 Å². The van der Waals surface area contributed by atoms with Crippen LogP contribution in [0.15, 0.2) is 94.9 Å². The summed E-state index contributed by atoms with van der Waals surface area (Å²) in [6, 6.07) is 21.9. The highest BCUT2D eigenvalue weighted by Gasteiger charge is 2.30. The molecule has 0 saturated carbocycles. The minimum atomic E-state index is -3.33. The maximum absolute atomic E-state index is 9.28.